The maximum atomic E-state index is 13.3. The smallest absolute Gasteiger partial charge is 0.339 e. The molecule has 1 N–H and O–H groups in total. The first-order valence-electron chi connectivity index (χ1n) is 9.46. The van der Waals surface area contributed by atoms with Gasteiger partial charge in [0.2, 0.25) is 11.7 Å². The summed E-state index contributed by atoms with van der Waals surface area (Å²) < 4.78 is 85.5. The predicted molar refractivity (Wildman–Crippen MR) is 111 cm³/mol. The van der Waals surface area contributed by atoms with Gasteiger partial charge in [0.05, 0.1) is 16.8 Å². The third-order valence-electron chi connectivity index (χ3n) is 4.71. The zero-order valence-corrected chi connectivity index (χ0v) is 18.3. The Morgan fingerprint density at radius 3 is 2.15 bits per heavy atom. The average molecular weight is 520 g/mol. The average Bonchev–Trinajstić information content (AvgIpc) is 3.38. The number of aromatic nitrogens is 5. The molecule has 4 rings (SSSR count). The molecule has 0 saturated carbocycles. The number of benzene rings is 2. The van der Waals surface area contributed by atoms with Crippen LogP contribution in [0, 0.1) is 4.77 Å². The van der Waals surface area contributed by atoms with Gasteiger partial charge < -0.3 is 4.52 Å². The second-order valence-electron chi connectivity index (χ2n) is 7.06. The van der Waals surface area contributed by atoms with E-state index in [9.17, 15) is 26.3 Å². The number of alkyl halides is 6. The number of aromatic amines is 1. The topological polar surface area (TPSA) is 72.5 Å². The van der Waals surface area contributed by atoms with Crippen molar-refractivity contribution in [3.63, 3.8) is 0 Å². The van der Waals surface area contributed by atoms with Crippen LogP contribution in [0.3, 0.4) is 0 Å². The summed E-state index contributed by atoms with van der Waals surface area (Å²) in [7, 11) is 0. The molecule has 0 fully saturated rings. The van der Waals surface area contributed by atoms with E-state index in [2.05, 4.69) is 20.3 Å². The Labute approximate surface area is 197 Å². The molecule has 0 bridgehead atoms. The van der Waals surface area contributed by atoms with Crippen LogP contribution < -0.4 is 0 Å². The Balaban J connectivity index is 1.64. The molecular weight excluding hydrogens is 508 g/mol. The van der Waals surface area contributed by atoms with Crippen molar-refractivity contribution in [2.75, 3.05) is 0 Å². The minimum atomic E-state index is -5.00. The highest BCUT2D eigenvalue weighted by Gasteiger charge is 2.37. The molecule has 34 heavy (non-hydrogen) atoms. The van der Waals surface area contributed by atoms with Gasteiger partial charge in [0.25, 0.3) is 0 Å². The minimum Gasteiger partial charge on any atom is -0.339 e. The minimum absolute atomic E-state index is 0.0347. The lowest BCUT2D eigenvalue weighted by atomic mass is 10.1. The van der Waals surface area contributed by atoms with Crippen LogP contribution >= 0.6 is 23.8 Å². The van der Waals surface area contributed by atoms with Gasteiger partial charge in [-0.2, -0.15) is 36.4 Å². The van der Waals surface area contributed by atoms with Crippen LogP contribution in [-0.4, -0.2) is 24.9 Å². The summed E-state index contributed by atoms with van der Waals surface area (Å²) in [6.45, 7) is 0. The van der Waals surface area contributed by atoms with Crippen LogP contribution in [-0.2, 0) is 25.2 Å². The van der Waals surface area contributed by atoms with E-state index in [1.165, 1.54) is 0 Å². The van der Waals surface area contributed by atoms with E-state index in [1.54, 1.807) is 24.3 Å². The summed E-state index contributed by atoms with van der Waals surface area (Å²) in [6, 6.07) is 7.88. The maximum Gasteiger partial charge on any atom is 0.416 e. The molecule has 0 spiro atoms. The quantitative estimate of drug-likeness (QED) is 0.242. The first kappa shape index (κ1) is 24.0. The van der Waals surface area contributed by atoms with E-state index >= 15 is 0 Å². The van der Waals surface area contributed by atoms with Crippen molar-refractivity contribution in [1.82, 2.24) is 24.9 Å². The van der Waals surface area contributed by atoms with Gasteiger partial charge in [-0.15, -0.1) is 0 Å². The summed E-state index contributed by atoms with van der Waals surface area (Å²) >= 11 is 10.9. The number of hydrogen-bond donors (Lipinski definition) is 1. The molecule has 0 aliphatic heterocycles. The number of rotatable bonds is 5. The summed E-state index contributed by atoms with van der Waals surface area (Å²) in [6.07, 6.45) is -9.86. The Morgan fingerprint density at radius 2 is 1.56 bits per heavy atom. The van der Waals surface area contributed by atoms with Gasteiger partial charge in [-0.05, 0) is 54.7 Å². The van der Waals surface area contributed by atoms with Crippen LogP contribution in [0.2, 0.25) is 5.02 Å². The van der Waals surface area contributed by atoms with Crippen LogP contribution in [0.25, 0.3) is 17.1 Å². The van der Waals surface area contributed by atoms with Crippen molar-refractivity contribution in [3.05, 3.63) is 75.1 Å². The van der Waals surface area contributed by atoms with Gasteiger partial charge in [-0.3, -0.25) is 9.67 Å². The molecule has 0 unspecified atom stereocenters. The lowest BCUT2D eigenvalue weighted by molar-refractivity contribution is -0.143. The fraction of sp³-hybridized carbons (Fsp3) is 0.200. The molecule has 0 saturated heterocycles. The van der Waals surface area contributed by atoms with Crippen molar-refractivity contribution in [2.24, 2.45) is 0 Å². The van der Waals surface area contributed by atoms with E-state index in [-0.39, 0.29) is 35.4 Å². The van der Waals surface area contributed by atoms with Gasteiger partial charge in [-0.25, -0.2) is 0 Å². The highest BCUT2D eigenvalue weighted by atomic mass is 35.5. The van der Waals surface area contributed by atoms with Crippen molar-refractivity contribution >= 4 is 23.8 Å². The Morgan fingerprint density at radius 1 is 0.941 bits per heavy atom. The molecule has 0 radical (unpaired) electrons. The molecular formula is C20H12ClF6N5OS. The summed E-state index contributed by atoms with van der Waals surface area (Å²) in [5, 5.41) is 10.7. The van der Waals surface area contributed by atoms with E-state index in [0.29, 0.717) is 28.5 Å². The normalized spacial score (nSPS) is 12.3. The molecule has 6 nitrogen and oxygen atoms in total. The van der Waals surface area contributed by atoms with Gasteiger partial charge in [0.1, 0.15) is 5.82 Å². The van der Waals surface area contributed by atoms with Crippen molar-refractivity contribution in [2.45, 2.75) is 25.2 Å². The Kier molecular flexibility index (Phi) is 6.25. The fourth-order valence-corrected chi connectivity index (χ4v) is 3.50. The zero-order chi connectivity index (χ0) is 24.7. The van der Waals surface area contributed by atoms with E-state index in [0.717, 1.165) is 4.57 Å². The largest absolute Gasteiger partial charge is 0.416 e. The van der Waals surface area contributed by atoms with E-state index in [4.69, 9.17) is 28.3 Å². The van der Waals surface area contributed by atoms with Crippen molar-refractivity contribution in [3.8, 4) is 17.1 Å². The fourth-order valence-electron chi connectivity index (χ4n) is 3.12. The molecule has 0 aliphatic carbocycles. The highest BCUT2D eigenvalue weighted by Crippen LogP contribution is 2.37. The standard InChI is InChI=1S/C20H12ClF6N5OS/c21-13-3-1-10(2-4-13)17-28-16(33-31-17)6-5-15-29-30-18(34)32(15)14-8-11(19(22,23)24)7-12(9-14)20(25,26)27/h1-4,7-9H,5-6H2,(H,30,34). The van der Waals surface area contributed by atoms with Crippen molar-refractivity contribution < 1.29 is 30.9 Å². The van der Waals surface area contributed by atoms with Crippen LogP contribution in [0.1, 0.15) is 22.8 Å². The molecule has 14 heteroatoms. The third-order valence-corrected chi connectivity index (χ3v) is 5.23. The van der Waals surface area contributed by atoms with Crippen LogP contribution in [0.5, 0.6) is 0 Å². The van der Waals surface area contributed by atoms with E-state index in [1.807, 2.05) is 0 Å². The number of nitrogens with zero attached hydrogens (tertiary/aromatic N) is 4. The first-order valence-corrected chi connectivity index (χ1v) is 10.2. The first-order chi connectivity index (χ1) is 15.9. The maximum absolute atomic E-state index is 13.3. The summed E-state index contributed by atoms with van der Waals surface area (Å²) in [5.41, 5.74) is -2.71. The lowest BCUT2D eigenvalue weighted by Crippen LogP contribution is -2.13. The second-order valence-corrected chi connectivity index (χ2v) is 7.89. The molecule has 0 aliphatic rings. The molecule has 0 amide bonds. The summed E-state index contributed by atoms with van der Waals surface area (Å²) in [4.78, 5) is 4.24. The van der Waals surface area contributed by atoms with Crippen molar-refractivity contribution in [1.29, 1.82) is 0 Å². The number of nitrogens with one attached hydrogen (secondary N) is 1. The molecule has 4 aromatic rings. The van der Waals surface area contributed by atoms with Gasteiger partial charge >= 0.3 is 12.4 Å². The molecule has 2 aromatic heterocycles. The Bertz CT molecular complexity index is 1340. The zero-order valence-electron chi connectivity index (χ0n) is 16.7. The monoisotopic (exact) mass is 519 g/mol. The van der Waals surface area contributed by atoms with Gasteiger partial charge in [0.15, 0.2) is 4.77 Å². The number of H-pyrrole nitrogens is 1. The van der Waals surface area contributed by atoms with Gasteiger partial charge in [0, 0.05) is 23.4 Å². The van der Waals surface area contributed by atoms with Crippen LogP contribution in [0.4, 0.5) is 26.3 Å². The number of hydrogen-bond acceptors (Lipinski definition) is 5. The third kappa shape index (κ3) is 5.14. The number of halogens is 7. The summed E-state index contributed by atoms with van der Waals surface area (Å²) in [5.74, 6) is 0.562. The molecule has 0 atom stereocenters. The lowest BCUT2D eigenvalue weighted by Gasteiger charge is -2.15. The molecule has 2 heterocycles. The highest BCUT2D eigenvalue weighted by molar-refractivity contribution is 7.71. The number of aryl methyl sites for hydroxylation is 2. The molecule has 2 aromatic carbocycles. The van der Waals surface area contributed by atoms with Crippen LogP contribution in [0.15, 0.2) is 47.0 Å². The molecule has 178 valence electrons. The second kappa shape index (κ2) is 8.87. The predicted octanol–water partition coefficient (Wildman–Crippen LogP) is 6.46. The Hall–Kier alpha value is -3.19. The van der Waals surface area contributed by atoms with Gasteiger partial charge in [-0.1, -0.05) is 16.8 Å². The SMILES string of the molecule is FC(F)(F)c1cc(-n2c(CCc3nc(-c4ccc(Cl)cc4)no3)n[nH]c2=S)cc(C(F)(F)F)c1. The van der Waals surface area contributed by atoms with E-state index < -0.39 is 29.2 Å².